The Balaban J connectivity index is 1.25. The molecule has 36 heavy (non-hydrogen) atoms. The van der Waals surface area contributed by atoms with E-state index >= 15 is 0 Å². The first-order valence-corrected chi connectivity index (χ1v) is 14.3. The lowest BCUT2D eigenvalue weighted by Gasteiger charge is -2.37. The van der Waals surface area contributed by atoms with E-state index in [0.717, 1.165) is 54.7 Å². The molecule has 2 fully saturated rings. The van der Waals surface area contributed by atoms with E-state index in [4.69, 9.17) is 14.2 Å². The van der Waals surface area contributed by atoms with Crippen molar-refractivity contribution in [1.82, 2.24) is 0 Å². The van der Waals surface area contributed by atoms with E-state index in [1.807, 2.05) is 24.3 Å². The lowest BCUT2D eigenvalue weighted by molar-refractivity contribution is -0.151. The molecule has 0 bridgehead atoms. The molecule has 0 radical (unpaired) electrons. The van der Waals surface area contributed by atoms with Crippen LogP contribution in [-0.4, -0.2) is 31.3 Å². The van der Waals surface area contributed by atoms with Crippen molar-refractivity contribution in [3.8, 4) is 5.75 Å². The van der Waals surface area contributed by atoms with Gasteiger partial charge in [-0.05, 0) is 93.2 Å². The monoisotopic (exact) mass is 498 g/mol. The number of unbranched alkanes of at least 4 members (excludes halogenated alkanes) is 1. The minimum atomic E-state index is -0.391. The topological polar surface area (TPSA) is 61.8 Å². The van der Waals surface area contributed by atoms with E-state index in [9.17, 15) is 9.59 Å². The molecule has 0 unspecified atom stereocenters. The largest absolute Gasteiger partial charge is 0.494 e. The maximum absolute atomic E-state index is 12.4. The summed E-state index contributed by atoms with van der Waals surface area (Å²) in [4.78, 5) is 23.4. The fourth-order valence-corrected chi connectivity index (χ4v) is 5.90. The van der Waals surface area contributed by atoms with Crippen molar-refractivity contribution in [1.29, 1.82) is 0 Å². The van der Waals surface area contributed by atoms with Crippen LogP contribution in [-0.2, 0) is 25.5 Å². The molecule has 0 amide bonds. The van der Waals surface area contributed by atoms with Crippen LogP contribution in [0, 0.1) is 17.8 Å². The first-order valence-electron chi connectivity index (χ1n) is 14.3. The summed E-state index contributed by atoms with van der Waals surface area (Å²) < 4.78 is 16.5. The quantitative estimate of drug-likeness (QED) is 0.154. The highest BCUT2D eigenvalue weighted by Gasteiger charge is 2.31. The van der Waals surface area contributed by atoms with E-state index in [1.165, 1.54) is 57.4 Å². The standard InChI is InChI=1S/C31H46O5/c1-3-7-24-8-13-26(14-9-24)27-15-19-29(20-16-27)36-31(33)21-12-25-10-17-28(18-11-25)34-22-5-6-23-35-30(32)4-2/h4,10-11,17-18,24,26-27,29H,2-3,5-9,12-16,19-23H2,1H3. The Labute approximate surface area is 218 Å². The molecule has 2 aliphatic rings. The normalized spacial score (nSPS) is 24.0. The van der Waals surface area contributed by atoms with Gasteiger partial charge in [-0.3, -0.25) is 4.79 Å². The van der Waals surface area contributed by atoms with Gasteiger partial charge in [0.15, 0.2) is 0 Å². The van der Waals surface area contributed by atoms with Crippen LogP contribution in [0.15, 0.2) is 36.9 Å². The van der Waals surface area contributed by atoms with Crippen molar-refractivity contribution in [2.45, 2.75) is 103 Å². The van der Waals surface area contributed by atoms with Crippen LogP contribution in [0.5, 0.6) is 5.75 Å². The van der Waals surface area contributed by atoms with Crippen LogP contribution < -0.4 is 4.74 Å². The summed E-state index contributed by atoms with van der Waals surface area (Å²) in [6.45, 7) is 6.62. The molecular weight excluding hydrogens is 452 g/mol. The van der Waals surface area contributed by atoms with Gasteiger partial charge in [-0.15, -0.1) is 0 Å². The second-order valence-electron chi connectivity index (χ2n) is 10.7. The van der Waals surface area contributed by atoms with Crippen LogP contribution in [0.4, 0.5) is 0 Å². The van der Waals surface area contributed by atoms with Gasteiger partial charge in [0, 0.05) is 12.5 Å². The molecule has 0 atom stereocenters. The molecule has 2 saturated carbocycles. The minimum Gasteiger partial charge on any atom is -0.494 e. The fraction of sp³-hybridized carbons (Fsp3) is 0.677. The van der Waals surface area contributed by atoms with Crippen LogP contribution in [0.1, 0.15) is 96.0 Å². The summed E-state index contributed by atoms with van der Waals surface area (Å²) in [5.74, 6) is 3.06. The lowest BCUT2D eigenvalue weighted by Crippen LogP contribution is -2.29. The van der Waals surface area contributed by atoms with E-state index in [1.54, 1.807) is 0 Å². The molecule has 5 nitrogen and oxygen atoms in total. The Morgan fingerprint density at radius 3 is 2.19 bits per heavy atom. The Bertz CT molecular complexity index is 786. The molecule has 0 aliphatic heterocycles. The van der Waals surface area contributed by atoms with E-state index in [-0.39, 0.29) is 12.1 Å². The minimum absolute atomic E-state index is 0.0731. The van der Waals surface area contributed by atoms with Gasteiger partial charge in [0.05, 0.1) is 13.2 Å². The van der Waals surface area contributed by atoms with Crippen LogP contribution >= 0.6 is 0 Å². The van der Waals surface area contributed by atoms with Crippen molar-refractivity contribution in [2.75, 3.05) is 13.2 Å². The Morgan fingerprint density at radius 2 is 1.56 bits per heavy atom. The zero-order valence-electron chi connectivity index (χ0n) is 22.3. The number of carbonyl (C=O) groups excluding carboxylic acids is 2. The third-order valence-electron chi connectivity index (χ3n) is 8.03. The van der Waals surface area contributed by atoms with E-state index in [0.29, 0.717) is 26.1 Å². The van der Waals surface area contributed by atoms with Crippen LogP contribution in [0.3, 0.4) is 0 Å². The van der Waals surface area contributed by atoms with Gasteiger partial charge in [-0.1, -0.05) is 51.3 Å². The van der Waals surface area contributed by atoms with Crippen LogP contribution in [0.2, 0.25) is 0 Å². The first-order chi connectivity index (χ1) is 17.6. The highest BCUT2D eigenvalue weighted by atomic mass is 16.5. The predicted molar refractivity (Wildman–Crippen MR) is 143 cm³/mol. The second-order valence-corrected chi connectivity index (χ2v) is 10.7. The number of hydrogen-bond donors (Lipinski definition) is 0. The third kappa shape index (κ3) is 9.99. The van der Waals surface area contributed by atoms with E-state index < -0.39 is 5.97 Å². The number of ether oxygens (including phenoxy) is 3. The molecule has 2 aliphatic carbocycles. The lowest BCUT2D eigenvalue weighted by atomic mass is 9.70. The van der Waals surface area contributed by atoms with E-state index in [2.05, 4.69) is 13.5 Å². The number of esters is 2. The summed E-state index contributed by atoms with van der Waals surface area (Å²) in [6, 6.07) is 7.90. The average Bonchev–Trinajstić information content (AvgIpc) is 2.91. The van der Waals surface area contributed by atoms with Gasteiger partial charge in [0.2, 0.25) is 0 Å². The van der Waals surface area contributed by atoms with Gasteiger partial charge in [-0.2, -0.15) is 0 Å². The number of carbonyl (C=O) groups is 2. The van der Waals surface area contributed by atoms with Crippen molar-refractivity contribution in [2.24, 2.45) is 17.8 Å². The molecule has 0 heterocycles. The molecule has 0 spiro atoms. The fourth-order valence-electron chi connectivity index (χ4n) is 5.90. The number of aryl methyl sites for hydroxylation is 1. The molecule has 3 rings (SSSR count). The molecule has 0 saturated heterocycles. The van der Waals surface area contributed by atoms with Crippen molar-refractivity contribution in [3.63, 3.8) is 0 Å². The Morgan fingerprint density at radius 1 is 0.917 bits per heavy atom. The van der Waals surface area contributed by atoms with Gasteiger partial charge in [0.25, 0.3) is 0 Å². The molecule has 0 N–H and O–H groups in total. The third-order valence-corrected chi connectivity index (χ3v) is 8.03. The number of rotatable bonds is 14. The highest BCUT2D eigenvalue weighted by molar-refractivity contribution is 5.81. The smallest absolute Gasteiger partial charge is 0.330 e. The van der Waals surface area contributed by atoms with Gasteiger partial charge < -0.3 is 14.2 Å². The molecule has 1 aromatic rings. The highest BCUT2D eigenvalue weighted by Crippen LogP contribution is 2.41. The SMILES string of the molecule is C=CC(=O)OCCCCOc1ccc(CCC(=O)OC2CCC(C3CCC(CCC)CC3)CC2)cc1. The van der Waals surface area contributed by atoms with Crippen LogP contribution in [0.25, 0.3) is 0 Å². The molecule has 1 aromatic carbocycles. The van der Waals surface area contributed by atoms with Gasteiger partial charge in [-0.25, -0.2) is 4.79 Å². The van der Waals surface area contributed by atoms with Gasteiger partial charge >= 0.3 is 11.9 Å². The summed E-state index contributed by atoms with van der Waals surface area (Å²) >= 11 is 0. The van der Waals surface area contributed by atoms with Gasteiger partial charge in [0.1, 0.15) is 11.9 Å². The zero-order valence-corrected chi connectivity index (χ0v) is 22.3. The zero-order chi connectivity index (χ0) is 25.6. The first kappa shape index (κ1) is 28.3. The number of hydrogen-bond acceptors (Lipinski definition) is 5. The number of benzene rings is 1. The maximum atomic E-state index is 12.4. The maximum Gasteiger partial charge on any atom is 0.330 e. The molecular formula is C31H46O5. The van der Waals surface area contributed by atoms with Crippen molar-refractivity contribution < 1.29 is 23.8 Å². The Kier molecular flexibility index (Phi) is 12.4. The molecule has 5 heteroatoms. The molecule has 0 aromatic heterocycles. The van der Waals surface area contributed by atoms with Crippen molar-refractivity contribution in [3.05, 3.63) is 42.5 Å². The van der Waals surface area contributed by atoms with Crippen molar-refractivity contribution >= 4 is 11.9 Å². The Hall–Kier alpha value is -2.30. The second kappa shape index (κ2) is 15.7. The summed E-state index contributed by atoms with van der Waals surface area (Å²) in [5.41, 5.74) is 1.11. The summed E-state index contributed by atoms with van der Waals surface area (Å²) in [5, 5.41) is 0. The summed E-state index contributed by atoms with van der Waals surface area (Å²) in [6.07, 6.45) is 16.9. The predicted octanol–water partition coefficient (Wildman–Crippen LogP) is 7.22. The average molecular weight is 499 g/mol. The molecule has 200 valence electrons. The summed E-state index contributed by atoms with van der Waals surface area (Å²) in [7, 11) is 0.